The lowest BCUT2D eigenvalue weighted by Gasteiger charge is -2.29. The molecular weight excluding hydrogens is 519 g/mol. The topological polar surface area (TPSA) is 105 Å². The van der Waals surface area contributed by atoms with E-state index in [1.165, 1.54) is 12.1 Å². The molecule has 0 radical (unpaired) electrons. The highest BCUT2D eigenvalue weighted by Gasteiger charge is 2.35. The Hall–Kier alpha value is -3.13. The number of rotatable bonds is 12. The van der Waals surface area contributed by atoms with Crippen LogP contribution in [0.15, 0.2) is 42.5 Å². The first kappa shape index (κ1) is 30.4. The van der Waals surface area contributed by atoms with E-state index in [0.29, 0.717) is 38.0 Å². The van der Waals surface area contributed by atoms with Crippen LogP contribution in [0.5, 0.6) is 0 Å². The number of amides is 3. The van der Waals surface area contributed by atoms with Gasteiger partial charge in [-0.05, 0) is 73.9 Å². The fourth-order valence-corrected chi connectivity index (χ4v) is 5.38. The number of primary amides is 1. The van der Waals surface area contributed by atoms with E-state index in [1.807, 2.05) is 45.0 Å². The second-order valence-corrected chi connectivity index (χ2v) is 11.2. The normalized spacial score (nSPS) is 17.4. The van der Waals surface area contributed by atoms with E-state index in [2.05, 4.69) is 10.6 Å². The molecular formula is C30H40ClFN4O3. The van der Waals surface area contributed by atoms with Gasteiger partial charge < -0.3 is 21.3 Å². The minimum absolute atomic E-state index is 0.0342. The Morgan fingerprint density at radius 1 is 1.13 bits per heavy atom. The van der Waals surface area contributed by atoms with Crippen LogP contribution in [0.3, 0.4) is 0 Å². The minimum Gasteiger partial charge on any atom is -0.369 e. The Balaban J connectivity index is 1.72. The molecule has 0 aromatic heterocycles. The molecule has 3 atom stereocenters. The second kappa shape index (κ2) is 14.3. The van der Waals surface area contributed by atoms with Gasteiger partial charge in [-0.3, -0.25) is 14.4 Å². The molecule has 39 heavy (non-hydrogen) atoms. The van der Waals surface area contributed by atoms with Crippen molar-refractivity contribution in [1.82, 2.24) is 10.2 Å². The Morgan fingerprint density at radius 2 is 1.87 bits per heavy atom. The van der Waals surface area contributed by atoms with Crippen molar-refractivity contribution in [2.45, 2.75) is 71.9 Å². The van der Waals surface area contributed by atoms with Gasteiger partial charge in [0.15, 0.2) is 0 Å². The highest BCUT2D eigenvalue weighted by Crippen LogP contribution is 2.27. The summed E-state index contributed by atoms with van der Waals surface area (Å²) >= 11 is 5.90. The predicted octanol–water partition coefficient (Wildman–Crippen LogP) is 5.78. The van der Waals surface area contributed by atoms with Crippen LogP contribution in [0.25, 0.3) is 0 Å². The van der Waals surface area contributed by atoms with Crippen molar-refractivity contribution in [3.05, 3.63) is 58.9 Å². The largest absolute Gasteiger partial charge is 0.369 e. The van der Waals surface area contributed by atoms with Crippen molar-refractivity contribution in [1.29, 1.82) is 0 Å². The van der Waals surface area contributed by atoms with E-state index >= 15 is 0 Å². The summed E-state index contributed by atoms with van der Waals surface area (Å²) in [6.45, 7) is 6.96. The first-order chi connectivity index (χ1) is 18.6. The van der Waals surface area contributed by atoms with Crippen molar-refractivity contribution in [2.24, 2.45) is 23.5 Å². The number of nitrogens with zero attached hydrogens (tertiary/aromatic N) is 1. The number of hydrogen-bond donors (Lipinski definition) is 3. The smallest absolute Gasteiger partial charge is 0.245 e. The molecule has 0 spiro atoms. The van der Waals surface area contributed by atoms with Crippen LogP contribution >= 0.6 is 11.6 Å². The molecule has 2 aromatic carbocycles. The van der Waals surface area contributed by atoms with Gasteiger partial charge in [0, 0.05) is 36.3 Å². The number of carbonyl (C=O) groups excluding carboxylic acids is 3. The molecule has 1 aliphatic heterocycles. The average Bonchev–Trinajstić information content (AvgIpc) is 3.04. The molecule has 2 aromatic rings. The molecule has 3 rings (SSSR count). The van der Waals surface area contributed by atoms with Gasteiger partial charge in [-0.2, -0.15) is 0 Å². The fraction of sp³-hybridized carbons (Fsp3) is 0.500. The molecule has 0 unspecified atom stereocenters. The lowest BCUT2D eigenvalue weighted by Crippen LogP contribution is -2.50. The third-order valence-corrected chi connectivity index (χ3v) is 7.41. The third kappa shape index (κ3) is 8.68. The fourth-order valence-electron chi connectivity index (χ4n) is 5.20. The van der Waals surface area contributed by atoms with Crippen LogP contribution in [0.2, 0.25) is 5.02 Å². The van der Waals surface area contributed by atoms with Crippen LogP contribution in [0.1, 0.15) is 64.9 Å². The first-order valence-electron chi connectivity index (χ1n) is 13.8. The standard InChI is InChI=1S/C30H40ClFN4O3/c1-4-8-23(28(33)37)24(15-19(2)3)29(38)35-27-11-5-6-14-36(30(27)39)18-20-9-7-10-21(16-20)34-22-12-13-26(32)25(31)17-22/h7,9-10,12-13,16-17,19,23-24,27,34H,4-6,8,11,14-15,18H2,1-3H3,(H2,33,37)(H,35,38)/t23-,24+,27-/m0/s1. The zero-order chi connectivity index (χ0) is 28.5. The van der Waals surface area contributed by atoms with Crippen LogP contribution in [-0.4, -0.2) is 35.2 Å². The van der Waals surface area contributed by atoms with Crippen LogP contribution in [-0.2, 0) is 20.9 Å². The molecule has 1 aliphatic rings. The molecule has 1 saturated heterocycles. The summed E-state index contributed by atoms with van der Waals surface area (Å²) in [6.07, 6.45) is 4.01. The maximum absolute atomic E-state index is 13.6. The summed E-state index contributed by atoms with van der Waals surface area (Å²) in [5.74, 6) is -2.27. The molecule has 0 aliphatic carbocycles. The number of nitrogens with one attached hydrogen (secondary N) is 2. The number of halogens is 2. The number of hydrogen-bond acceptors (Lipinski definition) is 4. The monoisotopic (exact) mass is 558 g/mol. The van der Waals surface area contributed by atoms with Gasteiger partial charge in [0.25, 0.3) is 0 Å². The molecule has 4 N–H and O–H groups in total. The summed E-state index contributed by atoms with van der Waals surface area (Å²) in [5, 5.41) is 6.23. The van der Waals surface area contributed by atoms with E-state index in [-0.39, 0.29) is 22.8 Å². The molecule has 0 bridgehead atoms. The Labute approximate surface area is 235 Å². The van der Waals surface area contributed by atoms with Crippen LogP contribution in [0.4, 0.5) is 15.8 Å². The molecule has 0 saturated carbocycles. The van der Waals surface area contributed by atoms with Crippen molar-refractivity contribution < 1.29 is 18.8 Å². The van der Waals surface area contributed by atoms with E-state index < -0.39 is 29.6 Å². The summed E-state index contributed by atoms with van der Waals surface area (Å²) in [7, 11) is 0. The second-order valence-electron chi connectivity index (χ2n) is 10.8. The number of nitrogens with two attached hydrogens (primary N) is 1. The van der Waals surface area contributed by atoms with Gasteiger partial charge in [0.05, 0.1) is 5.02 Å². The third-order valence-electron chi connectivity index (χ3n) is 7.12. The van der Waals surface area contributed by atoms with Gasteiger partial charge in [0.2, 0.25) is 17.7 Å². The molecule has 9 heteroatoms. The molecule has 212 valence electrons. The Bertz CT molecular complexity index is 1160. The van der Waals surface area contributed by atoms with Gasteiger partial charge in [-0.1, -0.05) is 50.9 Å². The molecule has 7 nitrogen and oxygen atoms in total. The van der Waals surface area contributed by atoms with Gasteiger partial charge in [0.1, 0.15) is 11.9 Å². The van der Waals surface area contributed by atoms with E-state index in [0.717, 1.165) is 30.5 Å². The van der Waals surface area contributed by atoms with Crippen LogP contribution in [0, 0.1) is 23.6 Å². The van der Waals surface area contributed by atoms with Crippen LogP contribution < -0.4 is 16.4 Å². The van der Waals surface area contributed by atoms with E-state index in [1.54, 1.807) is 11.0 Å². The van der Waals surface area contributed by atoms with E-state index in [9.17, 15) is 18.8 Å². The number of benzene rings is 2. The highest BCUT2D eigenvalue weighted by atomic mass is 35.5. The Morgan fingerprint density at radius 3 is 2.54 bits per heavy atom. The minimum atomic E-state index is -0.646. The van der Waals surface area contributed by atoms with E-state index in [4.69, 9.17) is 17.3 Å². The Kier molecular flexibility index (Phi) is 11.2. The zero-order valence-corrected chi connectivity index (χ0v) is 23.8. The molecule has 1 fully saturated rings. The quantitative estimate of drug-likeness (QED) is 0.307. The maximum atomic E-state index is 13.6. The van der Waals surface area contributed by atoms with Crippen molar-refractivity contribution >= 4 is 40.7 Å². The molecule has 3 amide bonds. The lowest BCUT2D eigenvalue weighted by atomic mass is 9.81. The van der Waals surface area contributed by atoms with Crippen molar-refractivity contribution in [3.8, 4) is 0 Å². The zero-order valence-electron chi connectivity index (χ0n) is 23.0. The summed E-state index contributed by atoms with van der Waals surface area (Å²) in [5.41, 5.74) is 8.04. The number of anilines is 2. The average molecular weight is 559 g/mol. The summed E-state index contributed by atoms with van der Waals surface area (Å²) in [6, 6.07) is 11.4. The SMILES string of the molecule is CCC[C@H](C(N)=O)[C@@H](CC(C)C)C(=O)N[C@H]1CCCCN(Cc2cccc(Nc3ccc(F)c(Cl)c3)c2)C1=O. The van der Waals surface area contributed by atoms with Gasteiger partial charge in [-0.25, -0.2) is 4.39 Å². The first-order valence-corrected chi connectivity index (χ1v) is 14.2. The number of likely N-dealkylation sites (tertiary alicyclic amines) is 1. The predicted molar refractivity (Wildman–Crippen MR) is 153 cm³/mol. The van der Waals surface area contributed by atoms with Crippen molar-refractivity contribution in [3.63, 3.8) is 0 Å². The number of carbonyl (C=O) groups is 3. The van der Waals surface area contributed by atoms with Crippen molar-refractivity contribution in [2.75, 3.05) is 11.9 Å². The lowest BCUT2D eigenvalue weighted by molar-refractivity contribution is -0.139. The maximum Gasteiger partial charge on any atom is 0.245 e. The van der Waals surface area contributed by atoms with Gasteiger partial charge >= 0.3 is 0 Å². The highest BCUT2D eigenvalue weighted by molar-refractivity contribution is 6.31. The summed E-state index contributed by atoms with van der Waals surface area (Å²) in [4.78, 5) is 41.0. The summed E-state index contributed by atoms with van der Waals surface area (Å²) < 4.78 is 13.5. The van der Waals surface area contributed by atoms with Gasteiger partial charge in [-0.15, -0.1) is 0 Å². The molecule has 1 heterocycles.